The highest BCUT2D eigenvalue weighted by Gasteiger charge is 2.54. The van der Waals surface area contributed by atoms with E-state index in [-0.39, 0.29) is 12.4 Å². The molecule has 2 aliphatic carbocycles. The average molecular weight is 254 g/mol. The van der Waals surface area contributed by atoms with Gasteiger partial charge in [-0.05, 0) is 42.7 Å². The first-order valence-electron chi connectivity index (χ1n) is 6.10. The maximum atomic E-state index is 5.56. The minimum absolute atomic E-state index is 0. The van der Waals surface area contributed by atoms with Gasteiger partial charge in [0.15, 0.2) is 0 Å². The highest BCUT2D eigenvalue weighted by atomic mass is 35.5. The van der Waals surface area contributed by atoms with Gasteiger partial charge in [0.2, 0.25) is 0 Å². The Bertz CT molecular complexity index is 378. The molecule has 0 bridgehead atoms. The number of nitrogens with two attached hydrogens (primary N) is 1. The molecule has 0 aromatic carbocycles. The van der Waals surface area contributed by atoms with E-state index >= 15 is 0 Å². The van der Waals surface area contributed by atoms with Gasteiger partial charge in [-0.15, -0.1) is 12.4 Å². The number of anilines is 1. The van der Waals surface area contributed by atoms with Gasteiger partial charge in [0.05, 0.1) is 0 Å². The SMILES string of the molecule is CN(c1ccc(CN)cn1)C1CC2(CC2)C1.Cl. The van der Waals surface area contributed by atoms with Crippen molar-refractivity contribution in [2.45, 2.75) is 38.3 Å². The van der Waals surface area contributed by atoms with Crippen molar-refractivity contribution in [3.63, 3.8) is 0 Å². The summed E-state index contributed by atoms with van der Waals surface area (Å²) in [5.41, 5.74) is 7.42. The molecule has 0 amide bonds. The Morgan fingerprint density at radius 3 is 2.59 bits per heavy atom. The van der Waals surface area contributed by atoms with Crippen LogP contribution in [0.1, 0.15) is 31.2 Å². The molecule has 0 radical (unpaired) electrons. The summed E-state index contributed by atoms with van der Waals surface area (Å²) in [5, 5.41) is 0. The van der Waals surface area contributed by atoms with Crippen LogP contribution in [0, 0.1) is 5.41 Å². The molecule has 1 heterocycles. The lowest BCUT2D eigenvalue weighted by molar-refractivity contribution is 0.232. The Morgan fingerprint density at radius 1 is 1.41 bits per heavy atom. The molecule has 2 saturated carbocycles. The van der Waals surface area contributed by atoms with E-state index in [1.54, 1.807) is 0 Å². The Kier molecular flexibility index (Phi) is 3.32. The van der Waals surface area contributed by atoms with E-state index in [1.165, 1.54) is 25.7 Å². The van der Waals surface area contributed by atoms with Crippen LogP contribution in [-0.2, 0) is 6.54 Å². The first-order valence-corrected chi connectivity index (χ1v) is 6.10. The molecule has 2 aliphatic rings. The number of halogens is 1. The van der Waals surface area contributed by atoms with Crippen molar-refractivity contribution in [1.82, 2.24) is 4.98 Å². The molecule has 0 saturated heterocycles. The average Bonchev–Trinajstić information content (AvgIpc) is 3.06. The molecule has 0 atom stereocenters. The van der Waals surface area contributed by atoms with Crippen molar-refractivity contribution in [2.75, 3.05) is 11.9 Å². The van der Waals surface area contributed by atoms with Gasteiger partial charge in [-0.3, -0.25) is 0 Å². The third-order valence-corrected chi connectivity index (χ3v) is 4.25. The zero-order valence-corrected chi connectivity index (χ0v) is 11.0. The van der Waals surface area contributed by atoms with Crippen molar-refractivity contribution in [3.05, 3.63) is 23.9 Å². The van der Waals surface area contributed by atoms with Gasteiger partial charge in [0.1, 0.15) is 5.82 Å². The number of hydrogen-bond donors (Lipinski definition) is 1. The molecule has 0 aliphatic heterocycles. The Balaban J connectivity index is 0.00000108. The first-order chi connectivity index (χ1) is 7.72. The maximum Gasteiger partial charge on any atom is 0.128 e. The molecular weight excluding hydrogens is 234 g/mol. The fourth-order valence-corrected chi connectivity index (χ4v) is 2.73. The van der Waals surface area contributed by atoms with Crippen LogP contribution in [0.25, 0.3) is 0 Å². The summed E-state index contributed by atoms with van der Waals surface area (Å²) in [7, 11) is 2.16. The van der Waals surface area contributed by atoms with Gasteiger partial charge in [-0.2, -0.15) is 0 Å². The lowest BCUT2D eigenvalue weighted by atomic mass is 9.76. The molecule has 3 rings (SSSR count). The second-order valence-corrected chi connectivity index (χ2v) is 5.40. The van der Waals surface area contributed by atoms with E-state index in [1.807, 2.05) is 6.20 Å². The highest BCUT2D eigenvalue weighted by Crippen LogP contribution is 2.61. The predicted octanol–water partition coefficient (Wildman–Crippen LogP) is 2.34. The van der Waals surface area contributed by atoms with Gasteiger partial charge in [-0.1, -0.05) is 6.07 Å². The molecule has 94 valence electrons. The molecule has 4 heteroatoms. The summed E-state index contributed by atoms with van der Waals surface area (Å²) in [4.78, 5) is 6.79. The lowest BCUT2D eigenvalue weighted by Crippen LogP contribution is -2.44. The van der Waals surface area contributed by atoms with Crippen LogP contribution in [0.5, 0.6) is 0 Å². The van der Waals surface area contributed by atoms with Crippen molar-refractivity contribution >= 4 is 18.2 Å². The summed E-state index contributed by atoms with van der Waals surface area (Å²) in [6.45, 7) is 0.573. The summed E-state index contributed by atoms with van der Waals surface area (Å²) in [5.74, 6) is 1.08. The molecule has 17 heavy (non-hydrogen) atoms. The largest absolute Gasteiger partial charge is 0.357 e. The lowest BCUT2D eigenvalue weighted by Gasteiger charge is -2.42. The molecule has 1 spiro atoms. The topological polar surface area (TPSA) is 42.1 Å². The van der Waals surface area contributed by atoms with Crippen LogP contribution in [0.2, 0.25) is 0 Å². The standard InChI is InChI=1S/C13H19N3.ClH/c1-16(11-6-13(7-11)4-5-13)12-3-2-10(8-14)9-15-12;/h2-3,9,11H,4-8,14H2,1H3;1H. The van der Waals surface area contributed by atoms with Gasteiger partial charge in [-0.25, -0.2) is 4.98 Å². The fraction of sp³-hybridized carbons (Fsp3) is 0.615. The zero-order chi connectivity index (χ0) is 11.2. The normalized spacial score (nSPS) is 20.6. The summed E-state index contributed by atoms with van der Waals surface area (Å²) in [6.07, 6.45) is 7.53. The van der Waals surface area contributed by atoms with Crippen LogP contribution in [0.15, 0.2) is 18.3 Å². The van der Waals surface area contributed by atoms with Crippen molar-refractivity contribution < 1.29 is 0 Å². The molecule has 3 nitrogen and oxygen atoms in total. The van der Waals surface area contributed by atoms with Gasteiger partial charge in [0.25, 0.3) is 0 Å². The van der Waals surface area contributed by atoms with Crippen LogP contribution >= 0.6 is 12.4 Å². The highest BCUT2D eigenvalue weighted by molar-refractivity contribution is 5.85. The molecular formula is C13H20ClN3. The van der Waals surface area contributed by atoms with Crippen LogP contribution in [-0.4, -0.2) is 18.1 Å². The van der Waals surface area contributed by atoms with Crippen molar-refractivity contribution in [3.8, 4) is 0 Å². The molecule has 1 aromatic heterocycles. The number of hydrogen-bond acceptors (Lipinski definition) is 3. The van der Waals surface area contributed by atoms with E-state index in [9.17, 15) is 0 Å². The van der Waals surface area contributed by atoms with Crippen LogP contribution in [0.3, 0.4) is 0 Å². The summed E-state index contributed by atoms with van der Waals surface area (Å²) < 4.78 is 0. The first kappa shape index (κ1) is 12.7. The summed E-state index contributed by atoms with van der Waals surface area (Å²) in [6, 6.07) is 4.86. The minimum Gasteiger partial charge on any atom is -0.357 e. The maximum absolute atomic E-state index is 5.56. The van der Waals surface area contributed by atoms with Crippen LogP contribution in [0.4, 0.5) is 5.82 Å². The van der Waals surface area contributed by atoms with Crippen LogP contribution < -0.4 is 10.6 Å². The molecule has 0 unspecified atom stereocenters. The molecule has 2 N–H and O–H groups in total. The Morgan fingerprint density at radius 2 is 2.12 bits per heavy atom. The fourth-order valence-electron chi connectivity index (χ4n) is 2.73. The zero-order valence-electron chi connectivity index (χ0n) is 10.2. The smallest absolute Gasteiger partial charge is 0.128 e. The predicted molar refractivity (Wildman–Crippen MR) is 72.5 cm³/mol. The van der Waals surface area contributed by atoms with Crippen molar-refractivity contribution in [2.24, 2.45) is 11.1 Å². The van der Waals surface area contributed by atoms with E-state index in [0.717, 1.165) is 16.8 Å². The van der Waals surface area contributed by atoms with Gasteiger partial charge >= 0.3 is 0 Å². The van der Waals surface area contributed by atoms with Gasteiger partial charge < -0.3 is 10.6 Å². The number of rotatable bonds is 3. The second-order valence-electron chi connectivity index (χ2n) is 5.40. The van der Waals surface area contributed by atoms with E-state index < -0.39 is 0 Å². The van der Waals surface area contributed by atoms with E-state index in [4.69, 9.17) is 5.73 Å². The minimum atomic E-state index is 0. The number of pyridine rings is 1. The van der Waals surface area contributed by atoms with E-state index in [2.05, 4.69) is 29.1 Å². The number of aromatic nitrogens is 1. The summed E-state index contributed by atoms with van der Waals surface area (Å²) >= 11 is 0. The van der Waals surface area contributed by atoms with E-state index in [0.29, 0.717) is 12.6 Å². The second kappa shape index (κ2) is 4.46. The quantitative estimate of drug-likeness (QED) is 0.899. The number of nitrogens with zero attached hydrogens (tertiary/aromatic N) is 2. The Hall–Kier alpha value is -0.800. The third-order valence-electron chi connectivity index (χ3n) is 4.25. The molecule has 2 fully saturated rings. The monoisotopic (exact) mass is 253 g/mol. The Labute approximate surface area is 109 Å². The van der Waals surface area contributed by atoms with Crippen molar-refractivity contribution in [1.29, 1.82) is 0 Å². The molecule has 1 aromatic rings. The third kappa shape index (κ3) is 2.26. The van der Waals surface area contributed by atoms with Gasteiger partial charge in [0, 0.05) is 25.8 Å².